The summed E-state index contributed by atoms with van der Waals surface area (Å²) >= 11 is 0. The number of nitrogens with two attached hydrogens (primary N) is 1. The molecule has 1 atom stereocenters. The van der Waals surface area contributed by atoms with E-state index >= 15 is 0 Å². The van der Waals surface area contributed by atoms with Crippen LogP contribution in [-0.2, 0) is 16.1 Å². The second-order valence-corrected chi connectivity index (χ2v) is 13.1. The molecule has 0 radical (unpaired) electrons. The van der Waals surface area contributed by atoms with Crippen LogP contribution in [0.3, 0.4) is 0 Å². The molecule has 4 N–H and O–H groups in total. The lowest BCUT2D eigenvalue weighted by Crippen LogP contribution is -2.27. The van der Waals surface area contributed by atoms with Crippen molar-refractivity contribution < 1.29 is 42.8 Å². The summed E-state index contributed by atoms with van der Waals surface area (Å²) in [5, 5.41) is 7.74. The molecule has 4 aromatic carbocycles. The number of esters is 1. The Labute approximate surface area is 304 Å². The lowest BCUT2D eigenvalue weighted by atomic mass is 10.1. The molecule has 0 aliphatic carbocycles. The molecule has 0 aliphatic heterocycles. The number of methoxy groups -OCH3 is 2. The minimum atomic E-state index is -0.741. The number of hydrogen-bond acceptors (Lipinski definition) is 10. The number of rotatable bonds is 16. The summed E-state index contributed by atoms with van der Waals surface area (Å²) in [7, 11) is 2.70. The van der Waals surface area contributed by atoms with Crippen molar-refractivity contribution in [1.29, 1.82) is 0 Å². The number of nitrogens with one attached hydrogen (secondary N) is 2. The average Bonchev–Trinajstić information content (AvgIpc) is 3.11. The second kappa shape index (κ2) is 18.1. The van der Waals surface area contributed by atoms with Gasteiger partial charge in [-0.3, -0.25) is 10.1 Å². The normalized spacial score (nSPS) is 11.7. The lowest BCUT2D eigenvalue weighted by Gasteiger charge is -2.22. The number of unbranched alkanes of at least 4 members (excludes halogenated alkanes) is 1. The minimum Gasteiger partial charge on any atom is -0.495 e. The lowest BCUT2D eigenvalue weighted by molar-refractivity contribution is 0.0592. The van der Waals surface area contributed by atoms with Gasteiger partial charge in [-0.25, -0.2) is 9.59 Å². The molecule has 0 heterocycles. The Hall–Kier alpha value is -5.49. The molecule has 2 amide bonds. The summed E-state index contributed by atoms with van der Waals surface area (Å²) in [6, 6.07) is 20.0. The number of amides is 2. The highest BCUT2D eigenvalue weighted by molar-refractivity contribution is 6.08. The number of carbonyl (C=O) groups is 3. The molecule has 1 unspecified atom stereocenters. The van der Waals surface area contributed by atoms with E-state index in [-0.39, 0.29) is 64.8 Å². The van der Waals surface area contributed by atoms with Gasteiger partial charge in [0.05, 0.1) is 43.9 Å². The Kier molecular flexibility index (Phi) is 13.7. The molecule has 4 aromatic rings. The van der Waals surface area contributed by atoms with Crippen molar-refractivity contribution in [3.63, 3.8) is 0 Å². The topological polar surface area (TPSA) is 157 Å². The summed E-state index contributed by atoms with van der Waals surface area (Å²) < 4.78 is 34.5. The third-order valence-corrected chi connectivity index (χ3v) is 7.88. The van der Waals surface area contributed by atoms with Crippen molar-refractivity contribution in [2.24, 2.45) is 5.73 Å². The van der Waals surface area contributed by atoms with E-state index < -0.39 is 23.6 Å². The fourth-order valence-corrected chi connectivity index (χ4v) is 5.09. The van der Waals surface area contributed by atoms with Gasteiger partial charge in [-0.15, -0.1) is 0 Å². The predicted octanol–water partition coefficient (Wildman–Crippen LogP) is 8.11. The first-order chi connectivity index (χ1) is 24.8. The predicted molar refractivity (Wildman–Crippen MR) is 201 cm³/mol. The molecule has 0 bridgehead atoms. The van der Waals surface area contributed by atoms with Gasteiger partial charge in [-0.2, -0.15) is 0 Å². The van der Waals surface area contributed by atoms with Crippen LogP contribution in [0.4, 0.5) is 16.2 Å². The molecule has 0 aliphatic rings. The number of anilines is 2. The largest absolute Gasteiger partial charge is 0.495 e. The molecule has 0 aromatic heterocycles. The van der Waals surface area contributed by atoms with E-state index in [1.165, 1.54) is 32.4 Å². The molecule has 0 saturated carbocycles. The quantitative estimate of drug-likeness (QED) is 0.0765. The van der Waals surface area contributed by atoms with Crippen molar-refractivity contribution in [2.45, 2.75) is 72.2 Å². The first kappa shape index (κ1) is 39.3. The summed E-state index contributed by atoms with van der Waals surface area (Å²) in [6.45, 7) is 9.97. The van der Waals surface area contributed by atoms with E-state index in [9.17, 15) is 14.4 Å². The van der Waals surface area contributed by atoms with Gasteiger partial charge >= 0.3 is 12.1 Å². The van der Waals surface area contributed by atoms with Crippen LogP contribution in [0.2, 0.25) is 0 Å². The Morgan fingerprint density at radius 3 is 2.12 bits per heavy atom. The van der Waals surface area contributed by atoms with Gasteiger partial charge in [-0.05, 0) is 82.0 Å². The summed E-state index contributed by atoms with van der Waals surface area (Å²) in [6.07, 6.45) is 1.05. The highest BCUT2D eigenvalue weighted by atomic mass is 16.6. The molecule has 52 heavy (non-hydrogen) atoms. The maximum absolute atomic E-state index is 14.1. The third-order valence-electron chi connectivity index (χ3n) is 7.88. The Bertz CT molecular complexity index is 1870. The third kappa shape index (κ3) is 10.8. The smallest absolute Gasteiger partial charge is 0.412 e. The van der Waals surface area contributed by atoms with E-state index in [2.05, 4.69) is 10.6 Å². The number of benzene rings is 4. The molecular weight excluding hydrogens is 666 g/mol. The maximum Gasteiger partial charge on any atom is 0.412 e. The fourth-order valence-electron chi connectivity index (χ4n) is 5.09. The van der Waals surface area contributed by atoms with Gasteiger partial charge in [0, 0.05) is 18.2 Å². The van der Waals surface area contributed by atoms with Gasteiger partial charge in [0.15, 0.2) is 0 Å². The van der Waals surface area contributed by atoms with Crippen molar-refractivity contribution in [3.05, 3.63) is 83.4 Å². The zero-order valence-corrected chi connectivity index (χ0v) is 30.9. The number of carbonyl (C=O) groups excluding carboxylic acids is 3. The van der Waals surface area contributed by atoms with Gasteiger partial charge in [0.25, 0.3) is 5.91 Å². The van der Waals surface area contributed by atoms with E-state index in [1.807, 2.05) is 56.3 Å². The maximum atomic E-state index is 14.1. The Balaban J connectivity index is 1.74. The molecule has 12 heteroatoms. The van der Waals surface area contributed by atoms with Crippen LogP contribution in [0.15, 0.2) is 66.7 Å². The van der Waals surface area contributed by atoms with E-state index in [0.717, 1.165) is 16.3 Å². The monoisotopic (exact) mass is 715 g/mol. The number of hydrogen-bond donors (Lipinski definition) is 3. The zero-order chi connectivity index (χ0) is 37.8. The number of ether oxygens (including phenoxy) is 6. The van der Waals surface area contributed by atoms with Gasteiger partial charge in [0.1, 0.15) is 40.8 Å². The molecule has 12 nitrogen and oxygen atoms in total. The standard InChI is InChI=1S/C40H49N3O9/c1-8-25(2)51-36-21-30(38(45)48-7)34(50-24-26-15-16-27-13-9-10-14-28(27)19-26)23-32(36)42-37(44)29-20-35(47-6)31(43-39(46)52-40(3,4)5)22-33(29)49-18-12-11-17-41/h9-10,13-16,19-23,25H,8,11-12,17-18,24,41H2,1-7H3,(H,42,44)(H,43,46). The van der Waals surface area contributed by atoms with Crippen molar-refractivity contribution in [1.82, 2.24) is 0 Å². The number of fused-ring (bicyclic) bond motifs is 1. The average molecular weight is 716 g/mol. The van der Waals surface area contributed by atoms with Crippen LogP contribution in [0.5, 0.6) is 23.0 Å². The second-order valence-electron chi connectivity index (χ2n) is 13.1. The summed E-state index contributed by atoms with van der Waals surface area (Å²) in [5.74, 6) is -0.407. The molecule has 278 valence electrons. The van der Waals surface area contributed by atoms with Crippen LogP contribution < -0.4 is 35.3 Å². The highest BCUT2D eigenvalue weighted by Gasteiger charge is 2.25. The Morgan fingerprint density at radius 2 is 1.46 bits per heavy atom. The minimum absolute atomic E-state index is 0.115. The first-order valence-corrected chi connectivity index (χ1v) is 17.3. The zero-order valence-electron chi connectivity index (χ0n) is 30.9. The van der Waals surface area contributed by atoms with Crippen LogP contribution in [-0.4, -0.2) is 57.0 Å². The van der Waals surface area contributed by atoms with E-state index in [4.69, 9.17) is 34.2 Å². The molecule has 0 saturated heterocycles. The van der Waals surface area contributed by atoms with Crippen LogP contribution in [0, 0.1) is 0 Å². The van der Waals surface area contributed by atoms with E-state index in [1.54, 1.807) is 26.8 Å². The Morgan fingerprint density at radius 1 is 0.788 bits per heavy atom. The fraction of sp³-hybridized carbons (Fsp3) is 0.375. The van der Waals surface area contributed by atoms with Gasteiger partial charge in [-0.1, -0.05) is 43.3 Å². The van der Waals surface area contributed by atoms with E-state index in [0.29, 0.717) is 25.8 Å². The van der Waals surface area contributed by atoms with Crippen LogP contribution in [0.25, 0.3) is 10.8 Å². The molecule has 0 spiro atoms. The molecular formula is C40H49N3O9. The van der Waals surface area contributed by atoms with Gasteiger partial charge in [0.2, 0.25) is 0 Å². The van der Waals surface area contributed by atoms with Crippen LogP contribution in [0.1, 0.15) is 80.2 Å². The SMILES string of the molecule is CCC(C)Oc1cc(C(=O)OC)c(OCc2ccc3ccccc3c2)cc1NC(=O)c1cc(OC)c(NC(=O)OC(C)(C)C)cc1OCCCCN. The van der Waals surface area contributed by atoms with Crippen molar-refractivity contribution in [3.8, 4) is 23.0 Å². The van der Waals surface area contributed by atoms with Gasteiger partial charge < -0.3 is 39.5 Å². The molecule has 4 rings (SSSR count). The highest BCUT2D eigenvalue weighted by Crippen LogP contribution is 2.38. The summed E-state index contributed by atoms with van der Waals surface area (Å²) in [5.41, 5.74) is 6.55. The van der Waals surface area contributed by atoms with Crippen LogP contribution >= 0.6 is 0 Å². The summed E-state index contributed by atoms with van der Waals surface area (Å²) in [4.78, 5) is 39.8. The van der Waals surface area contributed by atoms with Crippen molar-refractivity contribution >= 4 is 40.1 Å². The molecule has 0 fully saturated rings. The van der Waals surface area contributed by atoms with Crippen molar-refractivity contribution in [2.75, 3.05) is 38.0 Å². The first-order valence-electron chi connectivity index (χ1n) is 17.3.